The number of benzene rings is 6. The second-order valence-corrected chi connectivity index (χ2v) is 15.8. The van der Waals surface area contributed by atoms with Gasteiger partial charge in [-0.3, -0.25) is 9.11 Å². The Bertz CT molecular complexity index is 3010. The Morgan fingerprint density at radius 2 is 1.08 bits per heavy atom. The van der Waals surface area contributed by atoms with Crippen molar-refractivity contribution in [1.82, 2.24) is 0 Å². The molecule has 0 spiro atoms. The van der Waals surface area contributed by atoms with Crippen molar-refractivity contribution in [2.75, 3.05) is 22.1 Å². The minimum atomic E-state index is -5.10. The molecular formula is C33H23N8Na3O12S3. The summed E-state index contributed by atoms with van der Waals surface area (Å²) in [6.45, 7) is 0. The Kier molecular flexibility index (Phi) is 16.2. The summed E-state index contributed by atoms with van der Waals surface area (Å²) in [7, 11) is -15.0. The zero-order valence-corrected chi connectivity index (χ0v) is 39.3. The van der Waals surface area contributed by atoms with Gasteiger partial charge >= 0.3 is 94.7 Å². The number of nitrogen functional groups attached to an aromatic ring is 2. The Balaban J connectivity index is 0.00000310. The molecular weight excluding hydrogens is 866 g/mol. The van der Waals surface area contributed by atoms with Gasteiger partial charge in [0.05, 0.1) is 27.6 Å². The van der Waals surface area contributed by atoms with E-state index in [4.69, 9.17) is 11.5 Å². The molecule has 2 amide bonds. The van der Waals surface area contributed by atoms with Crippen LogP contribution in [-0.4, -0.2) is 44.9 Å². The molecule has 6 rings (SSSR count). The summed E-state index contributed by atoms with van der Waals surface area (Å²) in [6.07, 6.45) is 0. The van der Waals surface area contributed by atoms with Crippen LogP contribution in [0.3, 0.4) is 0 Å². The molecule has 59 heavy (non-hydrogen) atoms. The second-order valence-electron chi connectivity index (χ2n) is 11.7. The van der Waals surface area contributed by atoms with E-state index in [-0.39, 0.29) is 139 Å². The monoisotopic (exact) mass is 888 g/mol. The summed E-state index contributed by atoms with van der Waals surface area (Å²) in [6, 6.07) is 17.7. The summed E-state index contributed by atoms with van der Waals surface area (Å²) < 4.78 is 102. The first-order valence-corrected chi connectivity index (χ1v) is 19.6. The zero-order valence-electron chi connectivity index (χ0n) is 30.8. The minimum absolute atomic E-state index is 0. The van der Waals surface area contributed by atoms with Gasteiger partial charge in [-0.05, 0) is 100 Å². The van der Waals surface area contributed by atoms with Crippen molar-refractivity contribution in [2.45, 2.75) is 14.7 Å². The number of rotatable bonds is 9. The number of nitrogens with one attached hydrogen (secondary N) is 2. The maximum atomic E-state index is 13.0. The normalized spacial score (nSPS) is 11.8. The average Bonchev–Trinajstić information content (AvgIpc) is 3.10. The molecule has 0 unspecified atom stereocenters. The molecule has 0 heterocycles. The summed E-state index contributed by atoms with van der Waals surface area (Å²) in [5.74, 6) is -1.83. The molecule has 0 aliphatic carbocycles. The van der Waals surface area contributed by atoms with Gasteiger partial charge in [0.15, 0.2) is 0 Å². The molecule has 0 atom stereocenters. The molecule has 0 saturated carbocycles. The van der Waals surface area contributed by atoms with Crippen molar-refractivity contribution >= 4 is 103 Å². The smallest absolute Gasteiger partial charge is 0.872 e. The molecule has 0 aliphatic heterocycles. The third kappa shape index (κ3) is 11.5. The van der Waals surface area contributed by atoms with Crippen LogP contribution in [0.25, 0.3) is 21.5 Å². The van der Waals surface area contributed by atoms with Crippen molar-refractivity contribution in [3.8, 4) is 11.5 Å². The fourth-order valence-corrected chi connectivity index (χ4v) is 7.14. The Hall–Kier alpha value is -3.76. The van der Waals surface area contributed by atoms with Gasteiger partial charge in [-0.25, -0.2) is 13.2 Å². The van der Waals surface area contributed by atoms with Crippen molar-refractivity contribution in [1.29, 1.82) is 0 Å². The first-order chi connectivity index (χ1) is 26.2. The van der Waals surface area contributed by atoms with Crippen LogP contribution >= 0.6 is 0 Å². The van der Waals surface area contributed by atoms with E-state index in [9.17, 15) is 53.9 Å². The molecule has 0 fully saturated rings. The third-order valence-electron chi connectivity index (χ3n) is 7.83. The van der Waals surface area contributed by atoms with E-state index in [1.54, 1.807) is 0 Å². The molecule has 20 nitrogen and oxygen atoms in total. The van der Waals surface area contributed by atoms with Gasteiger partial charge in [0, 0.05) is 17.1 Å². The maximum absolute atomic E-state index is 13.0. The first kappa shape index (κ1) is 49.6. The Morgan fingerprint density at radius 3 is 1.58 bits per heavy atom. The Labute approximate surface area is 401 Å². The van der Waals surface area contributed by atoms with E-state index in [1.165, 1.54) is 66.7 Å². The number of anilines is 4. The van der Waals surface area contributed by atoms with Crippen molar-refractivity contribution in [3.05, 3.63) is 91.0 Å². The number of nitrogens with two attached hydrogens (primary N) is 2. The molecule has 6 aromatic rings. The van der Waals surface area contributed by atoms with Crippen LogP contribution < -0.4 is 121 Å². The van der Waals surface area contributed by atoms with E-state index < -0.39 is 79.6 Å². The molecule has 0 bridgehead atoms. The zero-order chi connectivity index (χ0) is 40.7. The van der Waals surface area contributed by atoms with Gasteiger partial charge in [-0.2, -0.15) is 27.1 Å². The average molecular weight is 889 g/mol. The van der Waals surface area contributed by atoms with Crippen LogP contribution in [0.4, 0.5) is 50.3 Å². The Morgan fingerprint density at radius 1 is 0.610 bits per heavy atom. The predicted octanol–water partition coefficient (Wildman–Crippen LogP) is -3.81. The van der Waals surface area contributed by atoms with E-state index in [0.717, 1.165) is 18.2 Å². The molecule has 8 N–H and O–H groups in total. The van der Waals surface area contributed by atoms with Crippen LogP contribution in [0.1, 0.15) is 0 Å². The number of carbonyl (C=O) groups excluding carboxylic acids is 1. The number of azo groups is 2. The van der Waals surface area contributed by atoms with Gasteiger partial charge in [0.2, 0.25) is 0 Å². The van der Waals surface area contributed by atoms with Gasteiger partial charge < -0.3 is 36.9 Å². The van der Waals surface area contributed by atoms with Gasteiger partial charge in [-0.15, -0.1) is 10.2 Å². The molecule has 6 aromatic carbocycles. The van der Waals surface area contributed by atoms with Crippen molar-refractivity contribution in [2.24, 2.45) is 20.5 Å². The molecule has 0 aromatic heterocycles. The number of urea groups is 1. The van der Waals surface area contributed by atoms with Crippen molar-refractivity contribution < 1.29 is 143 Å². The van der Waals surface area contributed by atoms with E-state index in [1.807, 2.05) is 0 Å². The summed E-state index contributed by atoms with van der Waals surface area (Å²) in [5.41, 5.74) is 11.0. The number of hydrogen-bond acceptors (Lipinski definition) is 16. The fraction of sp³-hybridized carbons (Fsp3) is 0. The molecule has 26 heteroatoms. The fourth-order valence-electron chi connectivity index (χ4n) is 5.30. The van der Waals surface area contributed by atoms with Gasteiger partial charge in [-0.1, -0.05) is 23.6 Å². The van der Waals surface area contributed by atoms with Crippen LogP contribution in [0.15, 0.2) is 126 Å². The second kappa shape index (κ2) is 19.3. The van der Waals surface area contributed by atoms with E-state index >= 15 is 0 Å². The van der Waals surface area contributed by atoms with Crippen LogP contribution in [0.2, 0.25) is 0 Å². The van der Waals surface area contributed by atoms with Crippen LogP contribution in [0.5, 0.6) is 11.5 Å². The number of amides is 2. The first-order valence-electron chi connectivity index (χ1n) is 15.3. The predicted molar refractivity (Wildman–Crippen MR) is 197 cm³/mol. The molecule has 0 aliphatic rings. The topological polar surface area (TPSA) is 355 Å². The van der Waals surface area contributed by atoms with Gasteiger partial charge in [0.1, 0.15) is 25.6 Å². The summed E-state index contributed by atoms with van der Waals surface area (Å²) >= 11 is 0. The SMILES string of the molecule is Nc1ccc2c([O-])c(N=Nc3ccc(NC(=O)Nc4ccc(N=Nc5c(S(=O)(=O)O)cc6cc(S(=O)(=O)[O-])cc([O-])c6c5N)cc4)cc3)c(S(=O)(=O)O)cc2c1.[Na+].[Na+].[Na+]. The standard InChI is InChI=1S/C33H26N8O12S3.3Na/c34-18-1-10-24-16(11-18)13-27(56(51,52)53)31(32(24)43)41-39-22-8-4-20(5-9-22)37-33(44)36-19-2-6-21(7-3-19)38-40-30-26(55(48,49)50)14-17-12-23(54(45,46)47)15-25(42)28(17)29(30)35;;;/h1-15,42-43H,34-35H2,(H2,36,37,44)(H,45,46,47)(H,48,49,50)(H,51,52,53);;;/q;3*+1/p-3. The number of hydrogen-bond donors (Lipinski definition) is 6. The minimum Gasteiger partial charge on any atom is -0.872 e. The summed E-state index contributed by atoms with van der Waals surface area (Å²) in [5, 5.41) is 45.7. The maximum Gasteiger partial charge on any atom is 1.00 e. The largest absolute Gasteiger partial charge is 1.00 e. The van der Waals surface area contributed by atoms with E-state index in [0.29, 0.717) is 6.07 Å². The number of nitrogens with zero attached hydrogens (tertiary/aromatic N) is 4. The van der Waals surface area contributed by atoms with E-state index in [2.05, 4.69) is 31.1 Å². The third-order valence-corrected chi connectivity index (χ3v) is 10.4. The van der Waals surface area contributed by atoms with Crippen LogP contribution in [-0.2, 0) is 30.4 Å². The van der Waals surface area contributed by atoms with Crippen LogP contribution in [0, 0.1) is 0 Å². The molecule has 0 radical (unpaired) electrons. The molecule has 288 valence electrons. The number of fused-ring (bicyclic) bond motifs is 2. The van der Waals surface area contributed by atoms with Gasteiger partial charge in [0.25, 0.3) is 20.2 Å². The van der Waals surface area contributed by atoms with Crippen molar-refractivity contribution in [3.63, 3.8) is 0 Å². The number of carbonyl (C=O) groups is 1. The quantitative estimate of drug-likeness (QED) is 0.0351. The molecule has 0 saturated heterocycles. The summed E-state index contributed by atoms with van der Waals surface area (Å²) in [4.78, 5) is 10.0.